The Labute approximate surface area is 99.9 Å². The van der Waals surface area contributed by atoms with Crippen LogP contribution in [-0.2, 0) is 10.0 Å². The number of hydrogen-bond acceptors (Lipinski definition) is 3. The standard InChI is InChI=1S/C10H11ClN2O2S/c1-13-16(14,15)10-4-2-8(3-5-10)9(6-11)7-12/h2-5,9,13H,6H2,1H3. The van der Waals surface area contributed by atoms with Crippen LogP contribution in [0.4, 0.5) is 0 Å². The zero-order valence-electron chi connectivity index (χ0n) is 8.64. The van der Waals surface area contributed by atoms with Crippen LogP contribution in [0.3, 0.4) is 0 Å². The Balaban J connectivity index is 3.06. The van der Waals surface area contributed by atoms with Gasteiger partial charge in [-0.1, -0.05) is 12.1 Å². The Morgan fingerprint density at radius 2 is 2.00 bits per heavy atom. The number of halogens is 1. The van der Waals surface area contributed by atoms with E-state index in [9.17, 15) is 8.42 Å². The molecular formula is C10H11ClN2O2S. The van der Waals surface area contributed by atoms with E-state index in [1.165, 1.54) is 19.2 Å². The minimum absolute atomic E-state index is 0.171. The van der Waals surface area contributed by atoms with Gasteiger partial charge < -0.3 is 0 Å². The molecule has 1 atom stereocenters. The van der Waals surface area contributed by atoms with Crippen LogP contribution in [0.2, 0.25) is 0 Å². The third-order valence-corrected chi connectivity index (χ3v) is 3.91. The Morgan fingerprint density at radius 1 is 1.44 bits per heavy atom. The van der Waals surface area contributed by atoms with Crippen LogP contribution in [0.25, 0.3) is 0 Å². The first-order valence-electron chi connectivity index (χ1n) is 4.54. The van der Waals surface area contributed by atoms with Crippen molar-refractivity contribution in [2.75, 3.05) is 12.9 Å². The number of alkyl halides is 1. The Bertz CT molecular complexity index is 491. The number of hydrogen-bond donors (Lipinski definition) is 1. The van der Waals surface area contributed by atoms with Gasteiger partial charge in [-0.05, 0) is 24.7 Å². The zero-order valence-corrected chi connectivity index (χ0v) is 10.2. The van der Waals surface area contributed by atoms with E-state index < -0.39 is 15.9 Å². The summed E-state index contributed by atoms with van der Waals surface area (Å²) >= 11 is 5.61. The largest absolute Gasteiger partial charge is 0.240 e. The fourth-order valence-corrected chi connectivity index (χ4v) is 2.17. The number of nitrogens with one attached hydrogen (secondary N) is 1. The molecule has 1 aromatic carbocycles. The minimum atomic E-state index is -3.42. The molecule has 0 aliphatic rings. The van der Waals surface area contributed by atoms with Gasteiger partial charge in [-0.2, -0.15) is 5.26 Å². The summed E-state index contributed by atoms with van der Waals surface area (Å²) in [5, 5.41) is 8.79. The Morgan fingerprint density at radius 3 is 2.38 bits per heavy atom. The lowest BCUT2D eigenvalue weighted by atomic mass is 10.0. The molecule has 0 saturated carbocycles. The minimum Gasteiger partial charge on any atom is -0.214 e. The van der Waals surface area contributed by atoms with Crippen LogP contribution in [0.15, 0.2) is 29.2 Å². The van der Waals surface area contributed by atoms with Crippen molar-refractivity contribution < 1.29 is 8.42 Å². The molecule has 0 aromatic heterocycles. The molecule has 1 aromatic rings. The van der Waals surface area contributed by atoms with E-state index in [-0.39, 0.29) is 10.8 Å². The highest BCUT2D eigenvalue weighted by atomic mass is 35.5. The smallest absolute Gasteiger partial charge is 0.214 e. The maximum absolute atomic E-state index is 11.4. The molecule has 16 heavy (non-hydrogen) atoms. The SMILES string of the molecule is CNS(=O)(=O)c1ccc(C(C#N)CCl)cc1. The van der Waals surface area contributed by atoms with Crippen LogP contribution >= 0.6 is 11.6 Å². The highest BCUT2D eigenvalue weighted by molar-refractivity contribution is 7.89. The lowest BCUT2D eigenvalue weighted by molar-refractivity contribution is 0.588. The molecule has 1 N–H and O–H groups in total. The van der Waals surface area contributed by atoms with Crippen molar-refractivity contribution in [3.05, 3.63) is 29.8 Å². The van der Waals surface area contributed by atoms with Crippen LogP contribution in [0.5, 0.6) is 0 Å². The van der Waals surface area contributed by atoms with Gasteiger partial charge >= 0.3 is 0 Å². The molecule has 0 spiro atoms. The molecule has 0 radical (unpaired) electrons. The molecule has 0 fully saturated rings. The molecule has 6 heteroatoms. The molecule has 0 heterocycles. The lowest BCUT2D eigenvalue weighted by Gasteiger charge is -2.07. The van der Waals surface area contributed by atoms with Crippen molar-refractivity contribution in [3.63, 3.8) is 0 Å². The first-order chi connectivity index (χ1) is 7.55. The monoisotopic (exact) mass is 258 g/mol. The lowest BCUT2D eigenvalue weighted by Crippen LogP contribution is -2.18. The summed E-state index contributed by atoms with van der Waals surface area (Å²) in [6.45, 7) is 0. The van der Waals surface area contributed by atoms with Crippen molar-refractivity contribution in [3.8, 4) is 6.07 Å². The maximum atomic E-state index is 11.4. The topological polar surface area (TPSA) is 70.0 Å². The second-order valence-electron chi connectivity index (χ2n) is 3.11. The van der Waals surface area contributed by atoms with Crippen LogP contribution in [-0.4, -0.2) is 21.3 Å². The van der Waals surface area contributed by atoms with Gasteiger partial charge in [0.15, 0.2) is 0 Å². The summed E-state index contributed by atoms with van der Waals surface area (Å²) in [7, 11) is -2.07. The van der Waals surface area contributed by atoms with Gasteiger partial charge in [-0.15, -0.1) is 11.6 Å². The van der Waals surface area contributed by atoms with Gasteiger partial charge in [0.2, 0.25) is 10.0 Å². The predicted molar refractivity (Wildman–Crippen MR) is 61.8 cm³/mol. The van der Waals surface area contributed by atoms with Crippen LogP contribution in [0.1, 0.15) is 11.5 Å². The third kappa shape index (κ3) is 2.73. The summed E-state index contributed by atoms with van der Waals surface area (Å²) in [6, 6.07) is 8.15. The molecule has 1 unspecified atom stereocenters. The van der Waals surface area contributed by atoms with E-state index in [1.54, 1.807) is 12.1 Å². The summed E-state index contributed by atoms with van der Waals surface area (Å²) < 4.78 is 25.1. The summed E-state index contributed by atoms with van der Waals surface area (Å²) in [4.78, 5) is 0.171. The predicted octanol–water partition coefficient (Wildman–Crippen LogP) is 1.44. The van der Waals surface area contributed by atoms with Gasteiger partial charge in [-0.3, -0.25) is 0 Å². The van der Waals surface area contributed by atoms with Gasteiger partial charge in [0, 0.05) is 5.88 Å². The number of sulfonamides is 1. The van der Waals surface area contributed by atoms with E-state index in [1.807, 2.05) is 6.07 Å². The van der Waals surface area contributed by atoms with Crippen LogP contribution in [0, 0.1) is 11.3 Å². The summed E-state index contributed by atoms with van der Waals surface area (Å²) in [6.07, 6.45) is 0. The van der Waals surface area contributed by atoms with Gasteiger partial charge in [-0.25, -0.2) is 13.1 Å². The van der Waals surface area contributed by atoms with Gasteiger partial charge in [0.25, 0.3) is 0 Å². The second kappa shape index (κ2) is 5.30. The first-order valence-corrected chi connectivity index (χ1v) is 6.56. The average molecular weight is 259 g/mol. The van der Waals surface area contributed by atoms with Crippen molar-refractivity contribution in [1.82, 2.24) is 4.72 Å². The molecule has 0 bridgehead atoms. The second-order valence-corrected chi connectivity index (χ2v) is 5.31. The number of nitriles is 1. The van der Waals surface area contributed by atoms with E-state index in [2.05, 4.69) is 4.72 Å². The van der Waals surface area contributed by atoms with Crippen LogP contribution < -0.4 is 4.72 Å². The maximum Gasteiger partial charge on any atom is 0.240 e. The number of rotatable bonds is 4. The average Bonchev–Trinajstić information content (AvgIpc) is 2.31. The highest BCUT2D eigenvalue weighted by Gasteiger charge is 2.13. The molecule has 0 aliphatic heterocycles. The zero-order chi connectivity index (χ0) is 12.2. The first kappa shape index (κ1) is 13.0. The van der Waals surface area contributed by atoms with E-state index in [0.29, 0.717) is 5.56 Å². The normalized spacial score (nSPS) is 13.1. The fourth-order valence-electron chi connectivity index (χ4n) is 1.20. The van der Waals surface area contributed by atoms with Gasteiger partial charge in [0.1, 0.15) is 0 Å². The Kier molecular flexibility index (Phi) is 4.30. The van der Waals surface area contributed by atoms with E-state index in [4.69, 9.17) is 16.9 Å². The fraction of sp³-hybridized carbons (Fsp3) is 0.300. The van der Waals surface area contributed by atoms with E-state index in [0.717, 1.165) is 0 Å². The molecule has 1 rings (SSSR count). The summed E-state index contributed by atoms with van der Waals surface area (Å²) in [5.74, 6) is -0.220. The van der Waals surface area contributed by atoms with Crippen molar-refractivity contribution in [2.45, 2.75) is 10.8 Å². The quantitative estimate of drug-likeness (QED) is 0.831. The van der Waals surface area contributed by atoms with Gasteiger partial charge in [0.05, 0.1) is 16.9 Å². The van der Waals surface area contributed by atoms with E-state index >= 15 is 0 Å². The molecule has 0 aliphatic carbocycles. The molecular weight excluding hydrogens is 248 g/mol. The highest BCUT2D eigenvalue weighted by Crippen LogP contribution is 2.18. The number of benzene rings is 1. The van der Waals surface area contributed by atoms with Crippen molar-refractivity contribution in [2.24, 2.45) is 0 Å². The molecule has 0 saturated heterocycles. The summed E-state index contributed by atoms with van der Waals surface area (Å²) in [5.41, 5.74) is 0.715. The number of nitrogens with zero attached hydrogens (tertiary/aromatic N) is 1. The van der Waals surface area contributed by atoms with Crippen molar-refractivity contribution >= 4 is 21.6 Å². The van der Waals surface area contributed by atoms with Crippen molar-refractivity contribution in [1.29, 1.82) is 5.26 Å². The third-order valence-electron chi connectivity index (χ3n) is 2.17. The molecule has 86 valence electrons. The molecule has 4 nitrogen and oxygen atoms in total. The molecule has 0 amide bonds. The Hall–Kier alpha value is -1.09.